The van der Waals surface area contributed by atoms with Crippen LogP contribution in [0.3, 0.4) is 0 Å². The first-order chi connectivity index (χ1) is 10.9. The van der Waals surface area contributed by atoms with Crippen molar-refractivity contribution in [2.24, 2.45) is 5.92 Å². The molecular formula is C17H22N4O2. The van der Waals surface area contributed by atoms with E-state index in [1.54, 1.807) is 30.4 Å². The number of aromatic nitrogens is 3. The smallest absolute Gasteiger partial charge is 0.334 e. The van der Waals surface area contributed by atoms with E-state index < -0.39 is 5.69 Å². The van der Waals surface area contributed by atoms with Gasteiger partial charge in [-0.05, 0) is 43.0 Å². The molecule has 0 aliphatic carbocycles. The van der Waals surface area contributed by atoms with Gasteiger partial charge in [0.2, 0.25) is 0 Å². The van der Waals surface area contributed by atoms with E-state index in [0.29, 0.717) is 12.3 Å². The molecule has 6 nitrogen and oxygen atoms in total. The van der Waals surface area contributed by atoms with Crippen LogP contribution in [0.25, 0.3) is 0 Å². The highest BCUT2D eigenvalue weighted by Gasteiger charge is 2.21. The van der Waals surface area contributed by atoms with Crippen LogP contribution in [0.15, 0.2) is 35.4 Å². The fraction of sp³-hybridized carbons (Fsp3) is 0.412. The number of hydrogen-bond donors (Lipinski definition) is 1. The van der Waals surface area contributed by atoms with Crippen LogP contribution in [0.1, 0.15) is 48.6 Å². The van der Waals surface area contributed by atoms with Gasteiger partial charge in [-0.3, -0.25) is 9.78 Å². The Morgan fingerprint density at radius 3 is 2.52 bits per heavy atom. The Kier molecular flexibility index (Phi) is 5.26. The van der Waals surface area contributed by atoms with Crippen molar-refractivity contribution in [2.75, 3.05) is 7.05 Å². The third-order valence-electron chi connectivity index (χ3n) is 3.74. The van der Waals surface area contributed by atoms with Crippen LogP contribution in [-0.4, -0.2) is 32.8 Å². The third-order valence-corrected chi connectivity index (χ3v) is 3.74. The highest BCUT2D eigenvalue weighted by atomic mass is 16.2. The average molecular weight is 314 g/mol. The molecule has 23 heavy (non-hydrogen) atoms. The van der Waals surface area contributed by atoms with Crippen molar-refractivity contribution in [2.45, 2.75) is 33.2 Å². The van der Waals surface area contributed by atoms with Crippen LogP contribution in [0.5, 0.6) is 0 Å². The number of amides is 1. The first-order valence-electron chi connectivity index (χ1n) is 7.65. The van der Waals surface area contributed by atoms with Crippen molar-refractivity contribution in [1.29, 1.82) is 0 Å². The minimum absolute atomic E-state index is 0.139. The van der Waals surface area contributed by atoms with Crippen LogP contribution < -0.4 is 5.69 Å². The second-order valence-corrected chi connectivity index (χ2v) is 6.07. The molecule has 1 atom stereocenters. The molecule has 0 spiro atoms. The summed E-state index contributed by atoms with van der Waals surface area (Å²) in [4.78, 5) is 36.4. The lowest BCUT2D eigenvalue weighted by atomic mass is 10.1. The fourth-order valence-corrected chi connectivity index (χ4v) is 2.39. The molecule has 1 N–H and O–H groups in total. The summed E-state index contributed by atoms with van der Waals surface area (Å²) in [7, 11) is 1.71. The average Bonchev–Trinajstić information content (AvgIpc) is 2.52. The molecular weight excluding hydrogens is 292 g/mol. The maximum absolute atomic E-state index is 12.6. The summed E-state index contributed by atoms with van der Waals surface area (Å²) in [5.41, 5.74) is 1.39. The van der Waals surface area contributed by atoms with Gasteiger partial charge >= 0.3 is 5.69 Å². The summed E-state index contributed by atoms with van der Waals surface area (Å²) >= 11 is 0. The number of nitrogens with one attached hydrogen (secondary N) is 1. The molecule has 0 saturated carbocycles. The van der Waals surface area contributed by atoms with Crippen molar-refractivity contribution in [3.63, 3.8) is 0 Å². The summed E-state index contributed by atoms with van der Waals surface area (Å²) in [5.74, 6) is 0.106. The predicted octanol–water partition coefficient (Wildman–Crippen LogP) is 2.20. The van der Waals surface area contributed by atoms with Crippen LogP contribution in [0.2, 0.25) is 0 Å². The third kappa shape index (κ3) is 4.25. The standard InChI is InChI=1S/C17H22N4O2/c1-11(2)9-14-10-15(20-17(23)19-14)16(22)21(4)12(3)13-5-7-18-8-6-13/h5-8,10-12H,9H2,1-4H3,(H,19,20,23)/t12-/m1/s1. The van der Waals surface area contributed by atoms with Gasteiger partial charge < -0.3 is 9.88 Å². The lowest BCUT2D eigenvalue weighted by molar-refractivity contribution is 0.0736. The Balaban J connectivity index is 2.25. The summed E-state index contributed by atoms with van der Waals surface area (Å²) in [6.07, 6.45) is 4.08. The number of carbonyl (C=O) groups excluding carboxylic acids is 1. The molecule has 2 rings (SSSR count). The van der Waals surface area contributed by atoms with Gasteiger partial charge in [0.1, 0.15) is 5.69 Å². The normalized spacial score (nSPS) is 12.2. The van der Waals surface area contributed by atoms with Gasteiger partial charge in [0.05, 0.1) is 6.04 Å². The molecule has 0 saturated heterocycles. The van der Waals surface area contributed by atoms with E-state index in [1.807, 2.05) is 19.1 Å². The zero-order valence-corrected chi connectivity index (χ0v) is 13.9. The maximum atomic E-state index is 12.6. The van der Waals surface area contributed by atoms with E-state index in [4.69, 9.17) is 0 Å². The molecule has 6 heteroatoms. The van der Waals surface area contributed by atoms with Crippen LogP contribution in [0, 0.1) is 5.92 Å². The van der Waals surface area contributed by atoms with Crippen molar-refractivity contribution in [3.8, 4) is 0 Å². The molecule has 0 fully saturated rings. The van der Waals surface area contributed by atoms with Crippen molar-refractivity contribution in [3.05, 3.63) is 58.0 Å². The fourth-order valence-electron chi connectivity index (χ4n) is 2.39. The molecule has 0 radical (unpaired) electrons. The van der Waals surface area contributed by atoms with Gasteiger partial charge in [-0.2, -0.15) is 4.98 Å². The van der Waals surface area contributed by atoms with E-state index in [2.05, 4.69) is 28.8 Å². The minimum atomic E-state index is -0.489. The molecule has 122 valence electrons. The summed E-state index contributed by atoms with van der Waals surface area (Å²) in [6.45, 7) is 6.03. The Morgan fingerprint density at radius 1 is 1.26 bits per heavy atom. The molecule has 0 bridgehead atoms. The number of hydrogen-bond acceptors (Lipinski definition) is 4. The van der Waals surface area contributed by atoms with Crippen molar-refractivity contribution < 1.29 is 4.79 Å². The Labute approximate surface area is 135 Å². The van der Waals surface area contributed by atoms with E-state index in [9.17, 15) is 9.59 Å². The second kappa shape index (κ2) is 7.17. The molecule has 0 aliphatic heterocycles. The van der Waals surface area contributed by atoms with Crippen LogP contribution >= 0.6 is 0 Å². The van der Waals surface area contributed by atoms with Gasteiger partial charge in [0.15, 0.2) is 0 Å². The lowest BCUT2D eigenvalue weighted by Crippen LogP contribution is -2.32. The Hall–Kier alpha value is -2.50. The maximum Gasteiger partial charge on any atom is 0.345 e. The summed E-state index contributed by atoms with van der Waals surface area (Å²) in [6, 6.07) is 5.26. The van der Waals surface area contributed by atoms with E-state index in [1.165, 1.54) is 0 Å². The van der Waals surface area contributed by atoms with Crippen LogP contribution in [0.4, 0.5) is 0 Å². The zero-order chi connectivity index (χ0) is 17.0. The monoisotopic (exact) mass is 314 g/mol. The first kappa shape index (κ1) is 16.9. The van der Waals surface area contributed by atoms with Gasteiger partial charge in [0, 0.05) is 25.1 Å². The number of H-pyrrole nitrogens is 1. The van der Waals surface area contributed by atoms with E-state index in [-0.39, 0.29) is 17.6 Å². The number of pyridine rings is 1. The van der Waals surface area contributed by atoms with Crippen molar-refractivity contribution >= 4 is 5.91 Å². The highest BCUT2D eigenvalue weighted by molar-refractivity contribution is 5.92. The summed E-state index contributed by atoms with van der Waals surface area (Å²) in [5, 5.41) is 0. The minimum Gasteiger partial charge on any atom is -0.334 e. The Morgan fingerprint density at radius 2 is 1.91 bits per heavy atom. The predicted molar refractivity (Wildman–Crippen MR) is 88.1 cm³/mol. The van der Waals surface area contributed by atoms with Crippen LogP contribution in [-0.2, 0) is 6.42 Å². The van der Waals surface area contributed by atoms with Gasteiger partial charge in [-0.15, -0.1) is 0 Å². The topological polar surface area (TPSA) is 79.0 Å². The number of carbonyl (C=O) groups is 1. The largest absolute Gasteiger partial charge is 0.345 e. The number of rotatable bonds is 5. The molecule has 2 aromatic heterocycles. The number of nitrogens with zero attached hydrogens (tertiary/aromatic N) is 3. The number of aromatic amines is 1. The Bertz CT molecular complexity index is 725. The zero-order valence-electron chi connectivity index (χ0n) is 13.9. The molecule has 2 heterocycles. The van der Waals surface area contributed by atoms with Gasteiger partial charge in [0.25, 0.3) is 5.91 Å². The van der Waals surface area contributed by atoms with E-state index >= 15 is 0 Å². The van der Waals surface area contributed by atoms with Gasteiger partial charge in [-0.25, -0.2) is 4.79 Å². The highest BCUT2D eigenvalue weighted by Crippen LogP contribution is 2.19. The molecule has 0 aliphatic rings. The SMILES string of the molecule is CC(C)Cc1cc(C(=O)N(C)[C@H](C)c2ccncc2)nc(=O)[nH]1. The molecule has 1 amide bonds. The van der Waals surface area contributed by atoms with Crippen molar-refractivity contribution in [1.82, 2.24) is 19.9 Å². The first-order valence-corrected chi connectivity index (χ1v) is 7.65. The molecule has 0 unspecified atom stereocenters. The lowest BCUT2D eigenvalue weighted by Gasteiger charge is -2.25. The quantitative estimate of drug-likeness (QED) is 0.917. The molecule has 0 aromatic carbocycles. The molecule has 2 aromatic rings. The summed E-state index contributed by atoms with van der Waals surface area (Å²) < 4.78 is 0. The van der Waals surface area contributed by atoms with Gasteiger partial charge in [-0.1, -0.05) is 13.8 Å². The van der Waals surface area contributed by atoms with E-state index in [0.717, 1.165) is 11.3 Å². The second-order valence-electron chi connectivity index (χ2n) is 6.07.